The van der Waals surface area contributed by atoms with E-state index >= 15 is 0 Å². The minimum absolute atomic E-state index is 0.274. The van der Waals surface area contributed by atoms with E-state index in [1.807, 2.05) is 13.8 Å². The van der Waals surface area contributed by atoms with Crippen molar-refractivity contribution in [2.45, 2.75) is 26.5 Å². The zero-order valence-electron chi connectivity index (χ0n) is 14.4. The molecule has 132 valence electrons. The van der Waals surface area contributed by atoms with Crippen molar-refractivity contribution in [3.8, 4) is 5.75 Å². The number of benzene rings is 2. The Morgan fingerprint density at radius 3 is 2.52 bits per heavy atom. The first kappa shape index (κ1) is 17.4. The Morgan fingerprint density at radius 2 is 1.88 bits per heavy atom. The molecule has 25 heavy (non-hydrogen) atoms. The molecule has 2 aromatic rings. The molecule has 0 atom stereocenters. The van der Waals surface area contributed by atoms with Crippen molar-refractivity contribution in [2.24, 2.45) is 4.99 Å². The summed E-state index contributed by atoms with van der Waals surface area (Å²) in [7, 11) is -3.39. The van der Waals surface area contributed by atoms with Crippen LogP contribution in [0.1, 0.15) is 30.5 Å². The molecule has 0 unspecified atom stereocenters. The molecule has 5 nitrogen and oxygen atoms in total. The molecule has 0 amide bonds. The largest absolute Gasteiger partial charge is 0.466 e. The Morgan fingerprint density at radius 1 is 1.16 bits per heavy atom. The summed E-state index contributed by atoms with van der Waals surface area (Å²) < 4.78 is 44.8. The summed E-state index contributed by atoms with van der Waals surface area (Å²) in [5.41, 5.74) is 2.30. The summed E-state index contributed by atoms with van der Waals surface area (Å²) >= 11 is 0. The van der Waals surface area contributed by atoms with Crippen molar-refractivity contribution < 1.29 is 17.5 Å². The summed E-state index contributed by atoms with van der Waals surface area (Å²) in [6.07, 6.45) is 1.09. The highest BCUT2D eigenvalue weighted by Gasteiger charge is 2.29. The highest BCUT2D eigenvalue weighted by molar-refractivity contribution is 7.92. The van der Waals surface area contributed by atoms with Gasteiger partial charge in [0.05, 0.1) is 17.7 Å². The van der Waals surface area contributed by atoms with Crippen molar-refractivity contribution in [2.75, 3.05) is 11.0 Å². The van der Waals surface area contributed by atoms with Gasteiger partial charge in [-0.3, -0.25) is 4.72 Å². The molecule has 0 fully saturated rings. The fourth-order valence-electron chi connectivity index (χ4n) is 2.71. The third kappa shape index (κ3) is 3.82. The summed E-state index contributed by atoms with van der Waals surface area (Å²) in [6, 6.07) is 9.85. The van der Waals surface area contributed by atoms with Gasteiger partial charge in [0.25, 0.3) is 0 Å². The van der Waals surface area contributed by atoms with Gasteiger partial charge in [-0.25, -0.2) is 17.8 Å². The van der Waals surface area contributed by atoms with Gasteiger partial charge in [-0.2, -0.15) is 0 Å². The Balaban J connectivity index is 2.11. The highest BCUT2D eigenvalue weighted by Crippen LogP contribution is 2.35. The first-order valence-corrected chi connectivity index (χ1v) is 9.61. The number of hydrogen-bond acceptors (Lipinski definition) is 4. The van der Waals surface area contributed by atoms with Crippen LogP contribution in [-0.4, -0.2) is 26.1 Å². The van der Waals surface area contributed by atoms with Crippen LogP contribution in [0.4, 0.5) is 10.1 Å². The molecule has 1 heterocycles. The summed E-state index contributed by atoms with van der Waals surface area (Å²) in [5.74, 6) is 0.245. The van der Waals surface area contributed by atoms with Gasteiger partial charge in [0.2, 0.25) is 10.0 Å². The van der Waals surface area contributed by atoms with E-state index in [1.54, 1.807) is 37.3 Å². The number of rotatable bonds is 3. The number of aryl methyl sites for hydroxylation is 1. The van der Waals surface area contributed by atoms with Crippen LogP contribution in [0.5, 0.6) is 5.75 Å². The molecule has 1 aliphatic heterocycles. The van der Waals surface area contributed by atoms with Crippen LogP contribution in [0.25, 0.3) is 0 Å². The van der Waals surface area contributed by atoms with Crippen molar-refractivity contribution >= 4 is 21.4 Å². The van der Waals surface area contributed by atoms with E-state index in [4.69, 9.17) is 4.74 Å². The van der Waals surface area contributed by atoms with E-state index < -0.39 is 15.7 Å². The maximum Gasteiger partial charge on any atom is 0.229 e. The van der Waals surface area contributed by atoms with Gasteiger partial charge in [0.15, 0.2) is 5.72 Å². The number of anilines is 1. The number of nitrogens with zero attached hydrogens (tertiary/aromatic N) is 1. The first-order chi connectivity index (χ1) is 11.5. The van der Waals surface area contributed by atoms with Gasteiger partial charge >= 0.3 is 0 Å². The van der Waals surface area contributed by atoms with Crippen LogP contribution < -0.4 is 9.46 Å². The van der Waals surface area contributed by atoms with Gasteiger partial charge < -0.3 is 4.74 Å². The normalized spacial score (nSPS) is 15.8. The molecule has 2 aromatic carbocycles. The van der Waals surface area contributed by atoms with E-state index in [-0.39, 0.29) is 5.82 Å². The second-order valence-corrected chi connectivity index (χ2v) is 8.31. The number of aliphatic imine (C=N–C) groups is 1. The van der Waals surface area contributed by atoms with Crippen LogP contribution in [0.2, 0.25) is 0 Å². The van der Waals surface area contributed by atoms with Gasteiger partial charge in [-0.1, -0.05) is 0 Å². The number of ether oxygens (including phenoxy) is 1. The predicted octanol–water partition coefficient (Wildman–Crippen LogP) is 3.47. The van der Waals surface area contributed by atoms with Crippen LogP contribution in [0.3, 0.4) is 0 Å². The van der Waals surface area contributed by atoms with Crippen LogP contribution in [0.15, 0.2) is 41.4 Å². The SMILES string of the molecule is Cc1cc(C2=NC(C)(C)Oc3cc(NS(C)(=O)=O)ccc32)ccc1F. The molecule has 0 spiro atoms. The quantitative estimate of drug-likeness (QED) is 0.909. The van der Waals surface area contributed by atoms with Gasteiger partial charge in [-0.05, 0) is 56.7 Å². The number of halogens is 1. The minimum Gasteiger partial charge on any atom is -0.466 e. The number of hydrogen-bond donors (Lipinski definition) is 1. The average molecular weight is 362 g/mol. The minimum atomic E-state index is -3.39. The molecule has 3 rings (SSSR count). The molecule has 0 aromatic heterocycles. The molecule has 1 aliphatic rings. The van der Waals surface area contributed by atoms with Crippen LogP contribution >= 0.6 is 0 Å². The number of nitrogens with one attached hydrogen (secondary N) is 1. The fraction of sp³-hybridized carbons (Fsp3) is 0.278. The Kier molecular flexibility index (Phi) is 4.07. The Hall–Kier alpha value is -2.41. The van der Waals surface area contributed by atoms with E-state index in [0.29, 0.717) is 22.7 Å². The molecule has 0 radical (unpaired) electrons. The maximum atomic E-state index is 13.6. The standard InChI is InChI=1S/C18H19FN2O3S/c1-11-9-12(5-8-15(11)19)17-14-7-6-13(21-25(4,22)23)10-16(14)24-18(2,3)20-17/h5-10,21H,1-4H3. The van der Waals surface area contributed by atoms with Gasteiger partial charge in [0, 0.05) is 17.2 Å². The van der Waals surface area contributed by atoms with Crippen molar-refractivity contribution in [3.05, 3.63) is 58.9 Å². The summed E-state index contributed by atoms with van der Waals surface area (Å²) in [4.78, 5) is 4.63. The number of fused-ring (bicyclic) bond motifs is 1. The third-order valence-electron chi connectivity index (χ3n) is 3.71. The lowest BCUT2D eigenvalue weighted by Crippen LogP contribution is -2.32. The molecule has 0 saturated carbocycles. The molecular weight excluding hydrogens is 343 g/mol. The molecule has 1 N–H and O–H groups in total. The lowest BCUT2D eigenvalue weighted by molar-refractivity contribution is 0.115. The van der Waals surface area contributed by atoms with E-state index in [0.717, 1.165) is 17.4 Å². The van der Waals surface area contributed by atoms with E-state index in [9.17, 15) is 12.8 Å². The fourth-order valence-corrected chi connectivity index (χ4v) is 3.27. The highest BCUT2D eigenvalue weighted by atomic mass is 32.2. The van der Waals surface area contributed by atoms with Crippen molar-refractivity contribution in [3.63, 3.8) is 0 Å². The van der Waals surface area contributed by atoms with Crippen LogP contribution in [-0.2, 0) is 10.0 Å². The lowest BCUT2D eigenvalue weighted by Gasteiger charge is -2.30. The van der Waals surface area contributed by atoms with Crippen molar-refractivity contribution in [1.82, 2.24) is 0 Å². The zero-order chi connectivity index (χ0) is 18.4. The maximum absolute atomic E-state index is 13.6. The molecule has 0 bridgehead atoms. The Labute approximate surface area is 146 Å². The first-order valence-electron chi connectivity index (χ1n) is 7.72. The van der Waals surface area contributed by atoms with Crippen molar-refractivity contribution in [1.29, 1.82) is 0 Å². The van der Waals surface area contributed by atoms with E-state index in [1.165, 1.54) is 6.07 Å². The summed E-state index contributed by atoms with van der Waals surface area (Å²) in [5, 5.41) is 0. The van der Waals surface area contributed by atoms with Gasteiger partial charge in [-0.15, -0.1) is 0 Å². The predicted molar refractivity (Wildman–Crippen MR) is 96.4 cm³/mol. The smallest absolute Gasteiger partial charge is 0.229 e. The zero-order valence-corrected chi connectivity index (χ0v) is 15.2. The monoisotopic (exact) mass is 362 g/mol. The lowest BCUT2D eigenvalue weighted by atomic mass is 9.97. The second kappa shape index (κ2) is 5.84. The molecule has 7 heteroatoms. The topological polar surface area (TPSA) is 67.8 Å². The molecule has 0 aliphatic carbocycles. The molecular formula is C18H19FN2O3S. The Bertz CT molecular complexity index is 982. The van der Waals surface area contributed by atoms with Gasteiger partial charge in [0.1, 0.15) is 11.6 Å². The third-order valence-corrected chi connectivity index (χ3v) is 4.32. The average Bonchev–Trinajstić information content (AvgIpc) is 2.46. The number of sulfonamides is 1. The summed E-state index contributed by atoms with van der Waals surface area (Å²) in [6.45, 7) is 5.32. The van der Waals surface area contributed by atoms with Crippen LogP contribution in [0, 0.1) is 12.7 Å². The second-order valence-electron chi connectivity index (χ2n) is 6.56. The van der Waals surface area contributed by atoms with E-state index in [2.05, 4.69) is 9.71 Å². The molecule has 0 saturated heterocycles.